The number of nitrogen functional groups attached to an aromatic ring is 1. The van der Waals surface area contributed by atoms with Crippen LogP contribution in [0, 0.1) is 0 Å². The molecule has 0 saturated carbocycles. The summed E-state index contributed by atoms with van der Waals surface area (Å²) in [5.41, 5.74) is 14.4. The number of rotatable bonds is 2. The van der Waals surface area contributed by atoms with Gasteiger partial charge in [-0.1, -0.05) is 12.1 Å². The van der Waals surface area contributed by atoms with E-state index in [1.807, 2.05) is 12.1 Å². The number of aromatic amines is 2. The number of aliphatic hydroxyl groups is 1. The van der Waals surface area contributed by atoms with Crippen molar-refractivity contribution in [2.24, 2.45) is 5.73 Å². The molecule has 0 atom stereocenters. The molecule has 8 heteroatoms. The number of hydrogen-bond acceptors (Lipinski definition) is 5. The Morgan fingerprint density at radius 2 is 1.81 bits per heavy atom. The third kappa shape index (κ3) is 2.78. The average molecular weight is 351 g/mol. The van der Waals surface area contributed by atoms with Gasteiger partial charge in [0.05, 0.1) is 22.4 Å². The molecule has 0 fully saturated rings. The lowest BCUT2D eigenvalue weighted by molar-refractivity contribution is 0.100. The molecule has 2 heterocycles. The highest BCUT2D eigenvalue weighted by Gasteiger charge is 2.16. The van der Waals surface area contributed by atoms with Crippen molar-refractivity contribution in [2.75, 3.05) is 12.8 Å². The molecule has 1 amide bonds. The number of carbonyl (C=O) groups is 1. The van der Waals surface area contributed by atoms with Gasteiger partial charge >= 0.3 is 0 Å². The van der Waals surface area contributed by atoms with Crippen LogP contribution in [0.2, 0.25) is 0 Å². The van der Waals surface area contributed by atoms with Crippen LogP contribution in [0.15, 0.2) is 47.3 Å². The zero-order chi connectivity index (χ0) is 18.8. The van der Waals surface area contributed by atoms with E-state index in [0.717, 1.165) is 7.11 Å². The molecule has 8 nitrogen and oxygen atoms in total. The minimum absolute atomic E-state index is 0.197. The number of nitrogens with two attached hydrogens (primary N) is 2. The highest BCUT2D eigenvalue weighted by Crippen LogP contribution is 2.31. The van der Waals surface area contributed by atoms with E-state index in [4.69, 9.17) is 16.6 Å². The lowest BCUT2D eigenvalue weighted by atomic mass is 10.1. The molecule has 0 aliphatic heterocycles. The van der Waals surface area contributed by atoms with E-state index in [9.17, 15) is 9.59 Å². The first kappa shape index (κ1) is 17.2. The van der Waals surface area contributed by atoms with E-state index in [0.29, 0.717) is 38.9 Å². The second-order valence-corrected chi connectivity index (χ2v) is 5.47. The molecule has 2 aromatic carbocycles. The van der Waals surface area contributed by atoms with Crippen LogP contribution in [0.25, 0.3) is 33.3 Å². The number of anilines is 1. The number of fused-ring (bicyclic) bond motifs is 2. The Bertz CT molecular complexity index is 1180. The first-order chi connectivity index (χ1) is 12.5. The van der Waals surface area contributed by atoms with E-state index in [-0.39, 0.29) is 11.3 Å². The van der Waals surface area contributed by atoms with Crippen molar-refractivity contribution in [3.8, 4) is 11.4 Å². The van der Waals surface area contributed by atoms with E-state index < -0.39 is 5.91 Å². The number of amides is 1. The zero-order valence-corrected chi connectivity index (χ0v) is 13.9. The van der Waals surface area contributed by atoms with Crippen LogP contribution >= 0.6 is 0 Å². The van der Waals surface area contributed by atoms with Gasteiger partial charge in [0.1, 0.15) is 0 Å². The first-order valence-electron chi connectivity index (χ1n) is 7.70. The second kappa shape index (κ2) is 6.69. The summed E-state index contributed by atoms with van der Waals surface area (Å²) in [4.78, 5) is 34.0. The van der Waals surface area contributed by atoms with Gasteiger partial charge in [-0.05, 0) is 30.3 Å². The van der Waals surface area contributed by atoms with E-state index in [2.05, 4.69) is 15.0 Å². The minimum atomic E-state index is -0.541. The van der Waals surface area contributed by atoms with Gasteiger partial charge in [0.2, 0.25) is 5.91 Å². The normalized spacial score (nSPS) is 10.5. The van der Waals surface area contributed by atoms with Crippen LogP contribution in [0.5, 0.6) is 0 Å². The Labute approximate surface area is 147 Å². The van der Waals surface area contributed by atoms with Gasteiger partial charge in [0, 0.05) is 23.6 Å². The topological polar surface area (TPSA) is 151 Å². The molecule has 0 radical (unpaired) electrons. The monoisotopic (exact) mass is 351 g/mol. The van der Waals surface area contributed by atoms with E-state index in [1.165, 1.54) is 0 Å². The fourth-order valence-corrected chi connectivity index (χ4v) is 2.75. The van der Waals surface area contributed by atoms with Crippen molar-refractivity contribution in [1.29, 1.82) is 0 Å². The van der Waals surface area contributed by atoms with Gasteiger partial charge < -0.3 is 26.5 Å². The van der Waals surface area contributed by atoms with Gasteiger partial charge in [0.15, 0.2) is 5.69 Å². The Hall–Kier alpha value is -3.65. The number of nitrogens with one attached hydrogen (secondary N) is 2. The number of primary amides is 1. The van der Waals surface area contributed by atoms with Gasteiger partial charge in [-0.3, -0.25) is 9.59 Å². The molecule has 0 saturated heterocycles. The second-order valence-electron chi connectivity index (χ2n) is 5.47. The molecule has 26 heavy (non-hydrogen) atoms. The van der Waals surface area contributed by atoms with E-state index >= 15 is 0 Å². The van der Waals surface area contributed by atoms with Crippen LogP contribution in [-0.2, 0) is 0 Å². The Morgan fingerprint density at radius 1 is 1.08 bits per heavy atom. The van der Waals surface area contributed by atoms with Crippen molar-refractivity contribution >= 4 is 33.5 Å². The minimum Gasteiger partial charge on any atom is -0.400 e. The molecular formula is C18H17N5O3. The number of aliphatic hydroxyl groups excluding tert-OH is 1. The number of benzene rings is 2. The van der Waals surface area contributed by atoms with Gasteiger partial charge in [-0.15, -0.1) is 0 Å². The smallest absolute Gasteiger partial charge is 0.276 e. The maximum atomic E-state index is 12.4. The van der Waals surface area contributed by atoms with Gasteiger partial charge in [0.25, 0.3) is 5.56 Å². The van der Waals surface area contributed by atoms with Crippen LogP contribution in [0.4, 0.5) is 5.69 Å². The maximum absolute atomic E-state index is 12.4. The predicted molar refractivity (Wildman–Crippen MR) is 101 cm³/mol. The largest absolute Gasteiger partial charge is 0.400 e. The molecule has 0 aliphatic rings. The molecule has 0 unspecified atom stereocenters. The van der Waals surface area contributed by atoms with Crippen molar-refractivity contribution in [1.82, 2.24) is 15.0 Å². The SMILES string of the molecule is CO.NC(=O)c1ccc2[nH]c(-c3nc4ccccc4[nH]c3=O)c(N)c2c1. The Balaban J connectivity index is 0.000000948. The summed E-state index contributed by atoms with van der Waals surface area (Å²) in [5.74, 6) is -0.541. The number of aromatic nitrogens is 3. The molecular weight excluding hydrogens is 334 g/mol. The van der Waals surface area contributed by atoms with Crippen molar-refractivity contribution in [3.05, 3.63) is 58.4 Å². The standard InChI is InChI=1S/C17H13N5O2.CH4O/c18-13-9-7-8(16(19)23)5-6-10(9)20-14(13)15-17(24)22-12-4-2-1-3-11(12)21-15;1-2/h1-7,20H,18H2,(H2,19,23)(H,22,24);2H,1H3. The predicted octanol–water partition coefficient (Wildman–Crippen LogP) is 1.36. The van der Waals surface area contributed by atoms with Gasteiger partial charge in [-0.25, -0.2) is 4.98 Å². The number of carbonyl (C=O) groups excluding carboxylic acids is 1. The number of nitrogens with zero attached hydrogens (tertiary/aromatic N) is 1. The summed E-state index contributed by atoms with van der Waals surface area (Å²) in [6, 6.07) is 12.1. The molecule has 132 valence electrons. The lowest BCUT2D eigenvalue weighted by Crippen LogP contribution is -2.12. The maximum Gasteiger partial charge on any atom is 0.276 e. The third-order valence-electron chi connectivity index (χ3n) is 3.96. The summed E-state index contributed by atoms with van der Waals surface area (Å²) < 4.78 is 0. The molecule has 0 aliphatic carbocycles. The molecule has 0 bridgehead atoms. The summed E-state index contributed by atoms with van der Waals surface area (Å²) >= 11 is 0. The highest BCUT2D eigenvalue weighted by molar-refractivity contribution is 6.04. The molecule has 7 N–H and O–H groups in total. The molecule has 4 aromatic rings. The number of H-pyrrole nitrogens is 2. The van der Waals surface area contributed by atoms with Crippen molar-refractivity contribution in [3.63, 3.8) is 0 Å². The van der Waals surface area contributed by atoms with Crippen LogP contribution in [0.1, 0.15) is 10.4 Å². The van der Waals surface area contributed by atoms with E-state index in [1.54, 1.807) is 30.3 Å². The summed E-state index contributed by atoms with van der Waals surface area (Å²) in [6.07, 6.45) is 0. The summed E-state index contributed by atoms with van der Waals surface area (Å²) in [6.45, 7) is 0. The quantitative estimate of drug-likeness (QED) is 0.369. The molecule has 4 rings (SSSR count). The molecule has 0 spiro atoms. The van der Waals surface area contributed by atoms with Crippen LogP contribution in [0.3, 0.4) is 0 Å². The number of hydrogen-bond donors (Lipinski definition) is 5. The fraction of sp³-hybridized carbons (Fsp3) is 0.0556. The third-order valence-corrected chi connectivity index (χ3v) is 3.96. The van der Waals surface area contributed by atoms with Crippen LogP contribution < -0.4 is 17.0 Å². The molecule has 2 aromatic heterocycles. The number of para-hydroxylation sites is 2. The lowest BCUT2D eigenvalue weighted by Gasteiger charge is -2.02. The first-order valence-corrected chi connectivity index (χ1v) is 7.70. The van der Waals surface area contributed by atoms with Crippen molar-refractivity contribution < 1.29 is 9.90 Å². The zero-order valence-electron chi connectivity index (χ0n) is 13.9. The fourth-order valence-electron chi connectivity index (χ4n) is 2.75. The van der Waals surface area contributed by atoms with Crippen molar-refractivity contribution in [2.45, 2.75) is 0 Å². The Morgan fingerprint density at radius 3 is 2.54 bits per heavy atom. The Kier molecular flexibility index (Phi) is 4.42. The van der Waals surface area contributed by atoms with Crippen LogP contribution in [-0.4, -0.2) is 33.1 Å². The summed E-state index contributed by atoms with van der Waals surface area (Å²) in [7, 11) is 1.00. The summed E-state index contributed by atoms with van der Waals surface area (Å²) in [5, 5.41) is 7.62. The van der Waals surface area contributed by atoms with Gasteiger partial charge in [-0.2, -0.15) is 0 Å². The average Bonchev–Trinajstić information content (AvgIpc) is 2.99. The highest BCUT2D eigenvalue weighted by atomic mass is 16.2.